The highest BCUT2D eigenvalue weighted by atomic mass is 35.5. The molecule has 25 heavy (non-hydrogen) atoms. The minimum atomic E-state index is -3.94. The molecule has 1 aromatic heterocycles. The summed E-state index contributed by atoms with van der Waals surface area (Å²) in [4.78, 5) is 4.30. The van der Waals surface area contributed by atoms with Crippen LogP contribution in [0.3, 0.4) is 0 Å². The van der Waals surface area contributed by atoms with Gasteiger partial charge in [0.2, 0.25) is 0 Å². The zero-order valence-corrected chi connectivity index (χ0v) is 15.3. The highest BCUT2D eigenvalue weighted by molar-refractivity contribution is 7.90. The van der Waals surface area contributed by atoms with Crippen molar-refractivity contribution in [3.63, 3.8) is 0 Å². The van der Waals surface area contributed by atoms with E-state index < -0.39 is 10.0 Å². The molecular weight excluding hydrogens is 362 g/mol. The fourth-order valence-electron chi connectivity index (χ4n) is 2.22. The van der Waals surface area contributed by atoms with E-state index in [0.29, 0.717) is 17.2 Å². The summed E-state index contributed by atoms with van der Waals surface area (Å²) in [5.74, 6) is 0.193. The van der Waals surface area contributed by atoms with Crippen LogP contribution < -0.4 is 4.74 Å². The largest absolute Gasteiger partial charge is 0.463 e. The first-order valence-electron chi connectivity index (χ1n) is 7.60. The summed E-state index contributed by atoms with van der Waals surface area (Å²) < 4.78 is 32.2. The summed E-state index contributed by atoms with van der Waals surface area (Å²) in [7, 11) is -3.94. The Kier molecular flexibility index (Phi) is 4.78. The molecule has 0 amide bonds. The van der Waals surface area contributed by atoms with Gasteiger partial charge in [0.1, 0.15) is 0 Å². The molecule has 0 aliphatic heterocycles. The molecular formula is C17H16ClN3O3S. The number of rotatable bonds is 5. The Labute approximate surface area is 151 Å². The van der Waals surface area contributed by atoms with Crippen molar-refractivity contribution >= 4 is 21.6 Å². The summed E-state index contributed by atoms with van der Waals surface area (Å²) in [5.41, 5.74) is 1.68. The molecule has 0 spiro atoms. The van der Waals surface area contributed by atoms with Crippen LogP contribution in [0.25, 0.3) is 11.4 Å². The number of hydrogen-bond donors (Lipinski definition) is 0. The number of benzene rings is 2. The van der Waals surface area contributed by atoms with Crippen molar-refractivity contribution in [2.75, 3.05) is 6.61 Å². The van der Waals surface area contributed by atoms with Gasteiger partial charge in [0, 0.05) is 10.6 Å². The van der Waals surface area contributed by atoms with Crippen molar-refractivity contribution in [3.05, 3.63) is 59.1 Å². The van der Waals surface area contributed by atoms with E-state index in [1.807, 2.05) is 19.1 Å². The Hall–Kier alpha value is -2.38. The smallest absolute Gasteiger partial charge is 0.337 e. The number of hydrogen-bond acceptors (Lipinski definition) is 5. The van der Waals surface area contributed by atoms with Crippen molar-refractivity contribution in [2.45, 2.75) is 18.7 Å². The molecule has 0 N–H and O–H groups in total. The van der Waals surface area contributed by atoms with Crippen LogP contribution in [0.1, 0.15) is 12.5 Å². The molecule has 1 heterocycles. The molecule has 2 aromatic carbocycles. The van der Waals surface area contributed by atoms with Crippen molar-refractivity contribution in [1.29, 1.82) is 0 Å². The zero-order chi connectivity index (χ0) is 18.0. The third-order valence-electron chi connectivity index (χ3n) is 3.48. The topological polar surface area (TPSA) is 74.1 Å². The molecule has 3 rings (SSSR count). The van der Waals surface area contributed by atoms with Gasteiger partial charge in [0.05, 0.1) is 11.5 Å². The van der Waals surface area contributed by atoms with E-state index in [1.54, 1.807) is 19.1 Å². The molecule has 0 unspecified atom stereocenters. The van der Waals surface area contributed by atoms with Gasteiger partial charge >= 0.3 is 6.01 Å². The molecule has 0 atom stereocenters. The maximum absolute atomic E-state index is 13.0. The van der Waals surface area contributed by atoms with E-state index in [2.05, 4.69) is 10.1 Å². The molecule has 0 radical (unpaired) electrons. The van der Waals surface area contributed by atoms with Crippen LogP contribution in [0.4, 0.5) is 0 Å². The summed E-state index contributed by atoms with van der Waals surface area (Å²) in [6, 6.07) is 13.2. The number of halogens is 1. The first-order valence-corrected chi connectivity index (χ1v) is 9.41. The Bertz CT molecular complexity index is 981. The highest BCUT2D eigenvalue weighted by Gasteiger charge is 2.25. The second-order valence-corrected chi connectivity index (χ2v) is 7.52. The summed E-state index contributed by atoms with van der Waals surface area (Å²) in [5, 5.41) is 4.48. The van der Waals surface area contributed by atoms with Gasteiger partial charge in [0.15, 0.2) is 5.82 Å². The van der Waals surface area contributed by atoms with Gasteiger partial charge in [-0.3, -0.25) is 0 Å². The molecule has 0 bridgehead atoms. The Balaban J connectivity index is 2.16. The van der Waals surface area contributed by atoms with E-state index in [-0.39, 0.29) is 16.7 Å². The molecule has 130 valence electrons. The summed E-state index contributed by atoms with van der Waals surface area (Å²) >= 11 is 5.85. The first-order chi connectivity index (χ1) is 11.9. The van der Waals surface area contributed by atoms with Crippen LogP contribution >= 0.6 is 11.6 Å². The lowest BCUT2D eigenvalue weighted by molar-refractivity contribution is 0.313. The lowest BCUT2D eigenvalue weighted by atomic mass is 10.1. The normalized spacial score (nSPS) is 11.5. The predicted molar refractivity (Wildman–Crippen MR) is 95.4 cm³/mol. The third-order valence-corrected chi connectivity index (χ3v) is 5.31. The number of aromatic nitrogens is 3. The van der Waals surface area contributed by atoms with Gasteiger partial charge < -0.3 is 4.74 Å². The van der Waals surface area contributed by atoms with Crippen LogP contribution in [-0.4, -0.2) is 29.2 Å². The fraction of sp³-hybridized carbons (Fsp3) is 0.176. The average molecular weight is 378 g/mol. The number of ether oxygens (including phenoxy) is 1. The molecule has 3 aromatic rings. The highest BCUT2D eigenvalue weighted by Crippen LogP contribution is 2.25. The van der Waals surface area contributed by atoms with Crippen molar-refractivity contribution in [1.82, 2.24) is 14.2 Å². The molecule has 6 nitrogen and oxygen atoms in total. The summed E-state index contributed by atoms with van der Waals surface area (Å²) in [6.45, 7) is 4.06. The minimum absolute atomic E-state index is 0.00983. The fourth-order valence-corrected chi connectivity index (χ4v) is 3.58. The van der Waals surface area contributed by atoms with Gasteiger partial charge in [-0.05, 0) is 38.1 Å². The van der Waals surface area contributed by atoms with E-state index in [9.17, 15) is 8.42 Å². The number of aryl methyl sites for hydroxylation is 1. The molecule has 0 saturated carbocycles. The van der Waals surface area contributed by atoms with E-state index >= 15 is 0 Å². The first kappa shape index (κ1) is 17.4. The van der Waals surface area contributed by atoms with Crippen LogP contribution in [0.5, 0.6) is 6.01 Å². The van der Waals surface area contributed by atoms with Crippen molar-refractivity contribution < 1.29 is 13.2 Å². The zero-order valence-electron chi connectivity index (χ0n) is 13.7. The van der Waals surface area contributed by atoms with Gasteiger partial charge in [0.25, 0.3) is 10.0 Å². The van der Waals surface area contributed by atoms with Crippen LogP contribution in [-0.2, 0) is 10.0 Å². The van der Waals surface area contributed by atoms with Gasteiger partial charge in [-0.1, -0.05) is 46.5 Å². The summed E-state index contributed by atoms with van der Waals surface area (Å²) in [6.07, 6.45) is 0. The molecule has 8 heteroatoms. The lowest BCUT2D eigenvalue weighted by Crippen LogP contribution is -2.16. The van der Waals surface area contributed by atoms with E-state index in [1.165, 1.54) is 24.3 Å². The second kappa shape index (κ2) is 6.85. The third kappa shape index (κ3) is 3.52. The standard InChI is InChI=1S/C17H16ClN3O3S/c1-3-24-17-19-16(13-6-4-12(2)5-7-13)21(20-17)25(22,23)15-10-8-14(18)9-11-15/h4-11H,3H2,1-2H3. The van der Waals surface area contributed by atoms with Crippen molar-refractivity contribution in [2.24, 2.45) is 0 Å². The minimum Gasteiger partial charge on any atom is -0.463 e. The van der Waals surface area contributed by atoms with Crippen LogP contribution in [0, 0.1) is 6.92 Å². The van der Waals surface area contributed by atoms with Crippen LogP contribution in [0.2, 0.25) is 5.02 Å². The molecule has 0 saturated heterocycles. The quantitative estimate of drug-likeness (QED) is 0.679. The SMILES string of the molecule is CCOc1nc(-c2ccc(C)cc2)n(S(=O)(=O)c2ccc(Cl)cc2)n1. The maximum Gasteiger partial charge on any atom is 0.337 e. The van der Waals surface area contributed by atoms with Gasteiger partial charge in [-0.2, -0.15) is 13.4 Å². The van der Waals surface area contributed by atoms with E-state index in [4.69, 9.17) is 16.3 Å². The predicted octanol–water partition coefficient (Wildman–Crippen LogP) is 3.54. The second-order valence-electron chi connectivity index (χ2n) is 5.32. The monoisotopic (exact) mass is 377 g/mol. The molecule has 0 fully saturated rings. The molecule has 0 aliphatic rings. The average Bonchev–Trinajstić information content (AvgIpc) is 3.01. The van der Waals surface area contributed by atoms with Gasteiger partial charge in [-0.15, -0.1) is 4.09 Å². The van der Waals surface area contributed by atoms with E-state index in [0.717, 1.165) is 9.65 Å². The Morgan fingerprint density at radius 3 is 2.32 bits per heavy atom. The number of nitrogens with zero attached hydrogens (tertiary/aromatic N) is 3. The molecule has 0 aliphatic carbocycles. The van der Waals surface area contributed by atoms with Crippen molar-refractivity contribution in [3.8, 4) is 17.4 Å². The Morgan fingerprint density at radius 2 is 1.72 bits per heavy atom. The lowest BCUT2D eigenvalue weighted by Gasteiger charge is -2.07. The Morgan fingerprint density at radius 1 is 1.08 bits per heavy atom. The van der Waals surface area contributed by atoms with Gasteiger partial charge in [-0.25, -0.2) is 0 Å². The van der Waals surface area contributed by atoms with Crippen LogP contribution in [0.15, 0.2) is 53.4 Å². The maximum atomic E-state index is 13.0.